The fourth-order valence-electron chi connectivity index (χ4n) is 1.49. The van der Waals surface area contributed by atoms with Crippen LogP contribution in [0.15, 0.2) is 40.9 Å². The molecule has 0 fully saturated rings. The third-order valence-corrected chi connectivity index (χ3v) is 3.11. The first-order valence-corrected chi connectivity index (χ1v) is 6.02. The van der Waals surface area contributed by atoms with Gasteiger partial charge in [0.25, 0.3) is 0 Å². The maximum atomic E-state index is 13.1. The lowest BCUT2D eigenvalue weighted by atomic mass is 10.2. The molecule has 2 N–H and O–H groups in total. The Morgan fingerprint density at radius 2 is 1.89 bits per heavy atom. The first-order valence-electron chi connectivity index (χ1n) is 5.22. The van der Waals surface area contributed by atoms with E-state index in [0.29, 0.717) is 17.8 Å². The maximum absolute atomic E-state index is 13.1. The van der Waals surface area contributed by atoms with Crippen molar-refractivity contribution in [1.82, 2.24) is 0 Å². The Morgan fingerprint density at radius 1 is 1.11 bits per heavy atom. The van der Waals surface area contributed by atoms with Crippen molar-refractivity contribution in [3.8, 4) is 5.75 Å². The Kier molecular flexibility index (Phi) is 3.81. The summed E-state index contributed by atoms with van der Waals surface area (Å²) >= 11 is 3.29. The third kappa shape index (κ3) is 2.98. The van der Waals surface area contributed by atoms with Gasteiger partial charge in [0, 0.05) is 11.0 Å². The number of aromatic hydroxyl groups is 1. The van der Waals surface area contributed by atoms with Gasteiger partial charge in [-0.3, -0.25) is 0 Å². The van der Waals surface area contributed by atoms with Gasteiger partial charge in [0.05, 0.1) is 5.69 Å². The molecule has 0 bridgehead atoms. The second-order valence-electron chi connectivity index (χ2n) is 3.76. The lowest BCUT2D eigenvalue weighted by Gasteiger charge is -2.09. The summed E-state index contributed by atoms with van der Waals surface area (Å²) < 4.78 is 26.9. The number of hydrogen-bond donors (Lipinski definition) is 2. The van der Waals surface area contributed by atoms with Crippen LogP contribution in [0.5, 0.6) is 5.75 Å². The van der Waals surface area contributed by atoms with E-state index in [1.807, 2.05) is 0 Å². The highest BCUT2D eigenvalue weighted by Gasteiger charge is 2.04. The Hall–Kier alpha value is -1.62. The van der Waals surface area contributed by atoms with Gasteiger partial charge in [0.15, 0.2) is 11.6 Å². The number of nitrogens with one attached hydrogen (secondary N) is 1. The van der Waals surface area contributed by atoms with Crippen LogP contribution in [-0.2, 0) is 6.54 Å². The Labute approximate surface area is 111 Å². The summed E-state index contributed by atoms with van der Waals surface area (Å²) in [5, 5.41) is 12.0. The van der Waals surface area contributed by atoms with Crippen molar-refractivity contribution in [3.05, 3.63) is 58.1 Å². The van der Waals surface area contributed by atoms with Crippen molar-refractivity contribution in [3.63, 3.8) is 0 Å². The molecule has 0 heterocycles. The SMILES string of the molecule is Oc1ccc(CNc2cc(F)ccc2Br)cc1F. The van der Waals surface area contributed by atoms with E-state index >= 15 is 0 Å². The predicted octanol–water partition coefficient (Wildman–Crippen LogP) is 4.05. The molecule has 0 radical (unpaired) electrons. The van der Waals surface area contributed by atoms with E-state index in [4.69, 9.17) is 5.11 Å². The minimum absolute atomic E-state index is 0.333. The van der Waals surface area contributed by atoms with Gasteiger partial charge in [0.2, 0.25) is 0 Å². The van der Waals surface area contributed by atoms with E-state index in [1.54, 1.807) is 12.1 Å². The summed E-state index contributed by atoms with van der Waals surface area (Å²) in [6.07, 6.45) is 0. The average Bonchev–Trinajstić information content (AvgIpc) is 2.34. The molecule has 0 atom stereocenters. The highest BCUT2D eigenvalue weighted by molar-refractivity contribution is 9.10. The summed E-state index contributed by atoms with van der Waals surface area (Å²) in [4.78, 5) is 0. The molecule has 18 heavy (non-hydrogen) atoms. The lowest BCUT2D eigenvalue weighted by molar-refractivity contribution is 0.432. The maximum Gasteiger partial charge on any atom is 0.165 e. The second-order valence-corrected chi connectivity index (χ2v) is 4.62. The Balaban J connectivity index is 2.11. The first-order chi connectivity index (χ1) is 8.56. The van der Waals surface area contributed by atoms with Crippen LogP contribution in [0.1, 0.15) is 5.56 Å². The van der Waals surface area contributed by atoms with Crippen molar-refractivity contribution in [2.24, 2.45) is 0 Å². The third-order valence-electron chi connectivity index (χ3n) is 2.42. The molecular formula is C13H10BrF2NO. The molecule has 0 saturated carbocycles. The van der Waals surface area contributed by atoms with Crippen LogP contribution in [0, 0.1) is 11.6 Å². The number of benzene rings is 2. The molecule has 94 valence electrons. The van der Waals surface area contributed by atoms with Gasteiger partial charge in [-0.25, -0.2) is 8.78 Å². The summed E-state index contributed by atoms with van der Waals surface area (Å²) in [5.74, 6) is -1.41. The van der Waals surface area contributed by atoms with Crippen molar-refractivity contribution in [1.29, 1.82) is 0 Å². The van der Waals surface area contributed by atoms with Gasteiger partial charge in [0.1, 0.15) is 5.82 Å². The average molecular weight is 314 g/mol. The molecule has 2 nitrogen and oxygen atoms in total. The van der Waals surface area contributed by atoms with Crippen LogP contribution in [0.25, 0.3) is 0 Å². The van der Waals surface area contributed by atoms with E-state index in [-0.39, 0.29) is 11.6 Å². The fraction of sp³-hybridized carbons (Fsp3) is 0.0769. The van der Waals surface area contributed by atoms with Crippen LogP contribution >= 0.6 is 15.9 Å². The van der Waals surface area contributed by atoms with Crippen molar-refractivity contribution in [2.45, 2.75) is 6.54 Å². The molecule has 2 aromatic rings. The number of anilines is 1. The van der Waals surface area contributed by atoms with Gasteiger partial charge < -0.3 is 10.4 Å². The van der Waals surface area contributed by atoms with Crippen LogP contribution in [-0.4, -0.2) is 5.11 Å². The normalized spacial score (nSPS) is 10.4. The molecule has 0 aliphatic heterocycles. The first kappa shape index (κ1) is 12.8. The minimum atomic E-state index is -0.674. The molecule has 0 aliphatic rings. The van der Waals surface area contributed by atoms with Gasteiger partial charge in [-0.2, -0.15) is 0 Å². The molecule has 0 aliphatic carbocycles. The van der Waals surface area contributed by atoms with E-state index in [2.05, 4.69) is 21.2 Å². The second kappa shape index (κ2) is 5.35. The highest BCUT2D eigenvalue weighted by Crippen LogP contribution is 2.24. The predicted molar refractivity (Wildman–Crippen MR) is 69.5 cm³/mol. The molecule has 2 aromatic carbocycles. The molecule has 0 spiro atoms. The summed E-state index contributed by atoms with van der Waals surface area (Å²) in [5.41, 5.74) is 1.24. The van der Waals surface area contributed by atoms with Gasteiger partial charge in [-0.05, 0) is 51.8 Å². The van der Waals surface area contributed by atoms with E-state index in [9.17, 15) is 8.78 Å². The van der Waals surface area contributed by atoms with Gasteiger partial charge in [-0.1, -0.05) is 6.07 Å². The van der Waals surface area contributed by atoms with Gasteiger partial charge >= 0.3 is 0 Å². The van der Waals surface area contributed by atoms with E-state index in [0.717, 1.165) is 4.47 Å². The largest absolute Gasteiger partial charge is 0.505 e. The van der Waals surface area contributed by atoms with Crippen LogP contribution < -0.4 is 5.32 Å². The number of phenolic OH excluding ortho intramolecular Hbond substituents is 1. The zero-order valence-electron chi connectivity index (χ0n) is 9.25. The summed E-state index contributed by atoms with van der Waals surface area (Å²) in [6, 6.07) is 8.40. The molecule has 0 aromatic heterocycles. The highest BCUT2D eigenvalue weighted by atomic mass is 79.9. The lowest BCUT2D eigenvalue weighted by Crippen LogP contribution is -2.00. The Bertz CT molecular complexity index is 575. The number of rotatable bonds is 3. The zero-order valence-corrected chi connectivity index (χ0v) is 10.8. The van der Waals surface area contributed by atoms with E-state index < -0.39 is 5.82 Å². The van der Waals surface area contributed by atoms with Crippen molar-refractivity contribution < 1.29 is 13.9 Å². The summed E-state index contributed by atoms with van der Waals surface area (Å²) in [7, 11) is 0. The number of hydrogen-bond acceptors (Lipinski definition) is 2. The van der Waals surface area contributed by atoms with Crippen LogP contribution in [0.2, 0.25) is 0 Å². The molecule has 2 rings (SSSR count). The van der Waals surface area contributed by atoms with Gasteiger partial charge in [-0.15, -0.1) is 0 Å². The summed E-state index contributed by atoms with van der Waals surface area (Å²) in [6.45, 7) is 0.333. The Morgan fingerprint density at radius 3 is 2.61 bits per heavy atom. The monoisotopic (exact) mass is 313 g/mol. The molecule has 0 saturated heterocycles. The quantitative estimate of drug-likeness (QED) is 0.896. The topological polar surface area (TPSA) is 32.3 Å². The van der Waals surface area contributed by atoms with Crippen LogP contribution in [0.4, 0.5) is 14.5 Å². The number of phenols is 1. The van der Waals surface area contributed by atoms with Crippen molar-refractivity contribution >= 4 is 21.6 Å². The van der Waals surface area contributed by atoms with Crippen LogP contribution in [0.3, 0.4) is 0 Å². The zero-order chi connectivity index (χ0) is 13.1. The molecule has 0 amide bonds. The molecule has 5 heteroatoms. The van der Waals surface area contributed by atoms with E-state index in [1.165, 1.54) is 24.3 Å². The number of halogens is 3. The smallest absolute Gasteiger partial charge is 0.165 e. The molecular weight excluding hydrogens is 304 g/mol. The minimum Gasteiger partial charge on any atom is -0.505 e. The van der Waals surface area contributed by atoms with Crippen molar-refractivity contribution in [2.75, 3.05) is 5.32 Å². The molecule has 0 unspecified atom stereocenters. The standard InChI is InChI=1S/C13H10BrF2NO/c14-10-3-2-9(15)6-12(10)17-7-8-1-4-13(18)11(16)5-8/h1-6,17-18H,7H2. The fourth-order valence-corrected chi connectivity index (χ4v) is 1.88.